The zero-order valence-electron chi connectivity index (χ0n) is 17.3. The lowest BCUT2D eigenvalue weighted by Gasteiger charge is -2.23. The molecule has 4 rings (SSSR count). The van der Waals surface area contributed by atoms with Gasteiger partial charge in [-0.05, 0) is 26.3 Å². The zero-order valence-corrected chi connectivity index (χ0v) is 18.1. The largest absolute Gasteiger partial charge is 0.338 e. The monoisotopic (exact) mass is 425 g/mol. The van der Waals surface area contributed by atoms with E-state index in [4.69, 9.17) is 0 Å². The van der Waals surface area contributed by atoms with Gasteiger partial charge >= 0.3 is 6.03 Å². The number of carbonyl (C=O) groups excluding carboxylic acids is 3. The van der Waals surface area contributed by atoms with Crippen LogP contribution >= 0.6 is 11.3 Å². The molecule has 9 heteroatoms. The van der Waals surface area contributed by atoms with E-state index < -0.39 is 17.5 Å². The van der Waals surface area contributed by atoms with E-state index in [-0.39, 0.29) is 12.5 Å². The SMILES string of the molecule is Cc1cn2c(CN(C)C(=O)CN3C(=O)NC(C)(c4ccccc4)C3=O)c(C)nc2s1. The quantitative estimate of drug-likeness (QED) is 0.636. The molecule has 2 aromatic heterocycles. The molecule has 0 radical (unpaired) electrons. The third kappa shape index (κ3) is 3.24. The van der Waals surface area contributed by atoms with Crippen molar-refractivity contribution in [2.45, 2.75) is 32.9 Å². The molecule has 0 spiro atoms. The molecule has 3 aromatic rings. The Bertz CT molecular complexity index is 1150. The van der Waals surface area contributed by atoms with E-state index in [1.807, 2.05) is 42.6 Å². The first-order valence-corrected chi connectivity index (χ1v) is 10.4. The average molecular weight is 426 g/mol. The van der Waals surface area contributed by atoms with Crippen molar-refractivity contribution in [3.05, 3.63) is 58.4 Å². The van der Waals surface area contributed by atoms with Crippen molar-refractivity contribution in [2.24, 2.45) is 0 Å². The molecule has 1 fully saturated rings. The number of likely N-dealkylation sites (N-methyl/N-ethyl adjacent to an activating group) is 1. The molecule has 30 heavy (non-hydrogen) atoms. The maximum atomic E-state index is 13.0. The van der Waals surface area contributed by atoms with Crippen molar-refractivity contribution in [2.75, 3.05) is 13.6 Å². The van der Waals surface area contributed by atoms with Crippen molar-refractivity contribution >= 4 is 34.1 Å². The number of imide groups is 1. The summed E-state index contributed by atoms with van der Waals surface area (Å²) in [7, 11) is 1.66. The van der Waals surface area contributed by atoms with Crippen LogP contribution < -0.4 is 5.32 Å². The normalized spacial score (nSPS) is 18.9. The van der Waals surface area contributed by atoms with Crippen LogP contribution in [-0.2, 0) is 21.7 Å². The number of urea groups is 1. The van der Waals surface area contributed by atoms with Crippen LogP contribution in [0.15, 0.2) is 36.5 Å². The number of nitrogens with one attached hydrogen (secondary N) is 1. The van der Waals surface area contributed by atoms with Gasteiger partial charge in [0.1, 0.15) is 12.1 Å². The summed E-state index contributed by atoms with van der Waals surface area (Å²) in [6.45, 7) is 5.59. The number of fused-ring (bicyclic) bond motifs is 1. The van der Waals surface area contributed by atoms with Crippen molar-refractivity contribution < 1.29 is 14.4 Å². The lowest BCUT2D eigenvalue weighted by molar-refractivity contribution is -0.138. The number of hydrogen-bond acceptors (Lipinski definition) is 5. The molecule has 0 saturated carbocycles. The van der Waals surface area contributed by atoms with Crippen molar-refractivity contribution in [3.63, 3.8) is 0 Å². The van der Waals surface area contributed by atoms with Gasteiger partial charge in [-0.15, -0.1) is 11.3 Å². The number of aryl methyl sites for hydroxylation is 2. The van der Waals surface area contributed by atoms with E-state index in [0.29, 0.717) is 12.1 Å². The molecule has 1 aromatic carbocycles. The van der Waals surface area contributed by atoms with E-state index in [9.17, 15) is 14.4 Å². The highest BCUT2D eigenvalue weighted by atomic mass is 32.1. The molecule has 0 bridgehead atoms. The Hall–Kier alpha value is -3.20. The zero-order chi connectivity index (χ0) is 21.6. The topological polar surface area (TPSA) is 87.0 Å². The number of nitrogens with zero attached hydrogens (tertiary/aromatic N) is 4. The van der Waals surface area contributed by atoms with Gasteiger partial charge in [0.15, 0.2) is 4.96 Å². The summed E-state index contributed by atoms with van der Waals surface area (Å²) in [6.07, 6.45) is 2.00. The molecular formula is C21H23N5O3S. The van der Waals surface area contributed by atoms with Crippen LogP contribution in [0, 0.1) is 13.8 Å². The Morgan fingerprint density at radius 3 is 2.63 bits per heavy atom. The van der Waals surface area contributed by atoms with Crippen LogP contribution in [0.3, 0.4) is 0 Å². The van der Waals surface area contributed by atoms with Crippen LogP contribution in [0.1, 0.15) is 28.8 Å². The number of benzene rings is 1. The Morgan fingerprint density at radius 1 is 1.23 bits per heavy atom. The Morgan fingerprint density at radius 2 is 1.93 bits per heavy atom. The Balaban J connectivity index is 1.50. The molecule has 4 amide bonds. The summed E-state index contributed by atoms with van der Waals surface area (Å²) in [6, 6.07) is 8.46. The summed E-state index contributed by atoms with van der Waals surface area (Å²) < 4.78 is 1.99. The minimum atomic E-state index is -1.18. The maximum Gasteiger partial charge on any atom is 0.325 e. The van der Waals surface area contributed by atoms with Gasteiger partial charge in [-0.3, -0.25) is 18.9 Å². The number of carbonyl (C=O) groups is 3. The highest BCUT2D eigenvalue weighted by molar-refractivity contribution is 7.17. The molecule has 1 saturated heterocycles. The van der Waals surface area contributed by atoms with Gasteiger partial charge < -0.3 is 10.2 Å². The van der Waals surface area contributed by atoms with Gasteiger partial charge in [-0.25, -0.2) is 9.78 Å². The number of imidazole rings is 1. The fourth-order valence-corrected chi connectivity index (χ4v) is 4.57. The molecule has 1 aliphatic rings. The summed E-state index contributed by atoms with van der Waals surface area (Å²) >= 11 is 1.59. The van der Waals surface area contributed by atoms with Crippen LogP contribution in [0.25, 0.3) is 4.96 Å². The molecule has 1 N–H and O–H groups in total. The lowest BCUT2D eigenvalue weighted by atomic mass is 9.92. The summed E-state index contributed by atoms with van der Waals surface area (Å²) in [5, 5.41) is 2.73. The number of amides is 4. The van der Waals surface area contributed by atoms with E-state index in [1.54, 1.807) is 37.4 Å². The third-order valence-electron chi connectivity index (χ3n) is 5.47. The first kappa shape index (κ1) is 20.1. The lowest BCUT2D eigenvalue weighted by Crippen LogP contribution is -2.43. The predicted octanol–water partition coefficient (Wildman–Crippen LogP) is 2.44. The number of rotatable bonds is 5. The molecule has 8 nitrogen and oxygen atoms in total. The second kappa shape index (κ2) is 7.24. The molecule has 3 heterocycles. The fraction of sp³-hybridized carbons (Fsp3) is 0.333. The van der Waals surface area contributed by atoms with E-state index in [2.05, 4.69) is 10.3 Å². The third-order valence-corrected chi connectivity index (χ3v) is 6.37. The highest BCUT2D eigenvalue weighted by Crippen LogP contribution is 2.28. The van der Waals surface area contributed by atoms with Gasteiger partial charge in [0.25, 0.3) is 5.91 Å². The van der Waals surface area contributed by atoms with Gasteiger partial charge in [-0.2, -0.15) is 0 Å². The summed E-state index contributed by atoms with van der Waals surface area (Å²) in [5.74, 6) is -0.756. The Kier molecular flexibility index (Phi) is 4.85. The van der Waals surface area contributed by atoms with Gasteiger partial charge in [0.05, 0.1) is 17.9 Å². The number of hydrogen-bond donors (Lipinski definition) is 1. The second-order valence-electron chi connectivity index (χ2n) is 7.70. The van der Waals surface area contributed by atoms with Crippen LogP contribution in [0.5, 0.6) is 0 Å². The van der Waals surface area contributed by atoms with Crippen LogP contribution in [-0.4, -0.2) is 50.6 Å². The first-order valence-electron chi connectivity index (χ1n) is 9.58. The molecule has 1 atom stereocenters. The second-order valence-corrected chi connectivity index (χ2v) is 8.91. The average Bonchev–Trinajstić information content (AvgIpc) is 3.28. The highest BCUT2D eigenvalue weighted by Gasteiger charge is 2.49. The van der Waals surface area contributed by atoms with E-state index >= 15 is 0 Å². The van der Waals surface area contributed by atoms with Gasteiger partial charge in [-0.1, -0.05) is 30.3 Å². The summed E-state index contributed by atoms with van der Waals surface area (Å²) in [5.41, 5.74) is 1.26. The number of aromatic nitrogens is 2. The van der Waals surface area contributed by atoms with Gasteiger partial charge in [0, 0.05) is 18.1 Å². The predicted molar refractivity (Wildman–Crippen MR) is 113 cm³/mol. The minimum Gasteiger partial charge on any atom is -0.338 e. The maximum absolute atomic E-state index is 13.0. The molecule has 1 unspecified atom stereocenters. The molecule has 1 aliphatic heterocycles. The molecule has 0 aliphatic carbocycles. The van der Waals surface area contributed by atoms with Crippen LogP contribution in [0.2, 0.25) is 0 Å². The standard InChI is InChI=1S/C21H23N5O3S/c1-13-10-25-16(14(2)22-20(25)30-13)11-24(4)17(27)12-26-18(28)21(3,23-19(26)29)15-8-6-5-7-9-15/h5-10H,11-12H2,1-4H3,(H,23,29). The van der Waals surface area contributed by atoms with Crippen LogP contribution in [0.4, 0.5) is 4.79 Å². The van der Waals surface area contributed by atoms with Gasteiger partial charge in [0.2, 0.25) is 5.91 Å². The van der Waals surface area contributed by atoms with Crippen molar-refractivity contribution in [1.82, 2.24) is 24.5 Å². The van der Waals surface area contributed by atoms with Crippen molar-refractivity contribution in [3.8, 4) is 0 Å². The smallest absolute Gasteiger partial charge is 0.325 e. The summed E-state index contributed by atoms with van der Waals surface area (Å²) in [4.78, 5) is 47.4. The van der Waals surface area contributed by atoms with E-state index in [0.717, 1.165) is 26.1 Å². The minimum absolute atomic E-state index is 0.312. The first-order chi connectivity index (χ1) is 14.2. The van der Waals surface area contributed by atoms with E-state index in [1.165, 1.54) is 4.90 Å². The fourth-order valence-electron chi connectivity index (χ4n) is 3.68. The number of thiazole rings is 1. The molecule has 156 valence electrons. The molecular weight excluding hydrogens is 402 g/mol. The van der Waals surface area contributed by atoms with Crippen molar-refractivity contribution in [1.29, 1.82) is 0 Å². The Labute approximate surface area is 178 Å².